The maximum atomic E-state index is 12.5. The van der Waals surface area contributed by atoms with Gasteiger partial charge in [0.05, 0.1) is 22.6 Å². The zero-order valence-electron chi connectivity index (χ0n) is 13.4. The summed E-state index contributed by atoms with van der Waals surface area (Å²) in [6.45, 7) is 1.87. The summed E-state index contributed by atoms with van der Waals surface area (Å²) < 4.78 is 27.5. The molecule has 2 aromatic rings. The Morgan fingerprint density at radius 2 is 1.88 bits per heavy atom. The highest BCUT2D eigenvalue weighted by Gasteiger charge is 2.15. The molecule has 0 atom stereocenters. The number of carboxylic acid groups (broad SMARTS) is 1. The van der Waals surface area contributed by atoms with Gasteiger partial charge in [0.2, 0.25) is 0 Å². The molecule has 0 radical (unpaired) electrons. The molecular formula is C18H16ClNO4S. The van der Waals surface area contributed by atoms with Crippen molar-refractivity contribution in [3.8, 4) is 11.8 Å². The van der Waals surface area contributed by atoms with Crippen molar-refractivity contribution in [3.05, 3.63) is 58.6 Å². The first-order valence-corrected chi connectivity index (χ1v) is 9.24. The topological polar surface area (TPSA) is 83.5 Å². The summed E-state index contributed by atoms with van der Waals surface area (Å²) in [5.41, 5.74) is 1.62. The Labute approximate surface area is 151 Å². The molecule has 0 aromatic heterocycles. The third-order valence-corrected chi connectivity index (χ3v) is 4.86. The fourth-order valence-electron chi connectivity index (χ4n) is 1.96. The second kappa shape index (κ2) is 8.06. The lowest BCUT2D eigenvalue weighted by molar-refractivity contribution is -0.136. The van der Waals surface area contributed by atoms with Gasteiger partial charge in [-0.1, -0.05) is 41.1 Å². The molecule has 0 amide bonds. The van der Waals surface area contributed by atoms with Gasteiger partial charge in [-0.3, -0.25) is 9.52 Å². The highest BCUT2D eigenvalue weighted by atomic mass is 35.5. The van der Waals surface area contributed by atoms with Gasteiger partial charge in [-0.2, -0.15) is 0 Å². The minimum absolute atomic E-state index is 0.0853. The van der Waals surface area contributed by atoms with Gasteiger partial charge in [0.1, 0.15) is 0 Å². The predicted molar refractivity (Wildman–Crippen MR) is 97.2 cm³/mol. The van der Waals surface area contributed by atoms with E-state index in [-0.39, 0.29) is 23.4 Å². The highest BCUT2D eigenvalue weighted by Crippen LogP contribution is 2.23. The fourth-order valence-corrected chi connectivity index (χ4v) is 3.21. The number of hydrogen-bond acceptors (Lipinski definition) is 3. The van der Waals surface area contributed by atoms with Crippen molar-refractivity contribution in [2.75, 3.05) is 4.72 Å². The second-order valence-electron chi connectivity index (χ2n) is 5.30. The molecule has 0 saturated carbocycles. The van der Waals surface area contributed by atoms with Gasteiger partial charge in [-0.05, 0) is 37.3 Å². The molecule has 0 unspecified atom stereocenters. The summed E-state index contributed by atoms with van der Waals surface area (Å²) in [7, 11) is -3.76. The third kappa shape index (κ3) is 5.52. The molecule has 5 nitrogen and oxygen atoms in total. The number of carboxylic acids is 1. The molecule has 2 rings (SSSR count). The molecule has 0 aliphatic rings. The molecule has 2 N–H and O–H groups in total. The average molecular weight is 378 g/mol. The van der Waals surface area contributed by atoms with Crippen LogP contribution in [0, 0.1) is 18.8 Å². The number of rotatable bonds is 5. The van der Waals surface area contributed by atoms with Crippen molar-refractivity contribution in [1.29, 1.82) is 0 Å². The van der Waals surface area contributed by atoms with Crippen molar-refractivity contribution in [1.82, 2.24) is 0 Å². The molecule has 130 valence electrons. The number of aliphatic carboxylic acids is 1. The summed E-state index contributed by atoms with van der Waals surface area (Å²) in [4.78, 5) is 10.7. The zero-order valence-corrected chi connectivity index (χ0v) is 15.0. The summed E-state index contributed by atoms with van der Waals surface area (Å²) in [5.74, 6) is 4.53. The van der Waals surface area contributed by atoms with Crippen molar-refractivity contribution >= 4 is 33.3 Å². The Morgan fingerprint density at radius 1 is 1.20 bits per heavy atom. The van der Waals surface area contributed by atoms with Crippen LogP contribution in [0.3, 0.4) is 0 Å². The molecule has 0 aliphatic heterocycles. The van der Waals surface area contributed by atoms with Crippen LogP contribution in [0.4, 0.5) is 5.69 Å². The van der Waals surface area contributed by atoms with Crippen LogP contribution >= 0.6 is 11.6 Å². The van der Waals surface area contributed by atoms with E-state index in [0.717, 1.165) is 5.56 Å². The SMILES string of the molecule is Cc1ccc(S(=O)(=O)Nc2ccc(Cl)cc2C#CCCC(=O)O)cc1. The Bertz CT molecular complexity index is 941. The standard InChI is InChI=1S/C18H16ClNO4S/c1-13-6-9-16(10-7-13)25(23,24)20-17-11-8-15(19)12-14(17)4-2-3-5-18(21)22/h6-12,20H,3,5H2,1H3,(H,21,22). The minimum atomic E-state index is -3.76. The van der Waals surface area contributed by atoms with Gasteiger partial charge >= 0.3 is 5.97 Å². The molecule has 7 heteroatoms. The third-order valence-electron chi connectivity index (χ3n) is 3.24. The molecule has 0 fully saturated rings. The number of sulfonamides is 1. The largest absolute Gasteiger partial charge is 0.481 e. The Kier molecular flexibility index (Phi) is 6.07. The van der Waals surface area contributed by atoms with E-state index in [9.17, 15) is 13.2 Å². The quantitative estimate of drug-likeness (QED) is 0.779. The van der Waals surface area contributed by atoms with Crippen LogP contribution in [0.1, 0.15) is 24.0 Å². The molecular weight excluding hydrogens is 362 g/mol. The fraction of sp³-hybridized carbons (Fsp3) is 0.167. The van der Waals surface area contributed by atoms with E-state index >= 15 is 0 Å². The molecule has 0 aliphatic carbocycles. The van der Waals surface area contributed by atoms with Crippen LogP contribution in [0.15, 0.2) is 47.4 Å². The lowest BCUT2D eigenvalue weighted by Gasteiger charge is -2.10. The maximum absolute atomic E-state index is 12.5. The number of hydrogen-bond donors (Lipinski definition) is 2. The second-order valence-corrected chi connectivity index (χ2v) is 7.42. The number of benzene rings is 2. The van der Waals surface area contributed by atoms with Crippen molar-refractivity contribution < 1.29 is 18.3 Å². The van der Waals surface area contributed by atoms with Crippen molar-refractivity contribution in [2.24, 2.45) is 0 Å². The van der Waals surface area contributed by atoms with Crippen LogP contribution in [-0.4, -0.2) is 19.5 Å². The molecule has 25 heavy (non-hydrogen) atoms. The Balaban J connectivity index is 2.29. The maximum Gasteiger partial charge on any atom is 0.304 e. The Hall–Kier alpha value is -2.49. The number of halogens is 1. The van der Waals surface area contributed by atoms with E-state index in [1.54, 1.807) is 18.2 Å². The first-order chi connectivity index (χ1) is 11.8. The molecule has 0 saturated heterocycles. The normalized spacial score (nSPS) is 10.6. The molecule has 2 aromatic carbocycles. The van der Waals surface area contributed by atoms with E-state index in [4.69, 9.17) is 16.7 Å². The lowest BCUT2D eigenvalue weighted by atomic mass is 10.2. The van der Waals surface area contributed by atoms with Gasteiger partial charge in [0.25, 0.3) is 10.0 Å². The number of carbonyl (C=O) groups is 1. The van der Waals surface area contributed by atoms with E-state index in [1.165, 1.54) is 24.3 Å². The smallest absolute Gasteiger partial charge is 0.304 e. The summed E-state index contributed by atoms with van der Waals surface area (Å²) in [6.07, 6.45) is 0.0734. The number of anilines is 1. The highest BCUT2D eigenvalue weighted by molar-refractivity contribution is 7.92. The van der Waals surface area contributed by atoms with Crippen LogP contribution in [0.25, 0.3) is 0 Å². The summed E-state index contributed by atoms with van der Waals surface area (Å²) >= 11 is 5.95. The first kappa shape index (κ1) is 18.8. The van der Waals surface area contributed by atoms with Crippen LogP contribution in [0.2, 0.25) is 5.02 Å². The van der Waals surface area contributed by atoms with E-state index in [1.807, 2.05) is 6.92 Å². The zero-order chi connectivity index (χ0) is 18.4. The number of nitrogens with one attached hydrogen (secondary N) is 1. The Morgan fingerprint density at radius 3 is 2.52 bits per heavy atom. The molecule has 0 spiro atoms. The monoisotopic (exact) mass is 377 g/mol. The van der Waals surface area contributed by atoms with Gasteiger partial charge in [-0.25, -0.2) is 8.42 Å². The minimum Gasteiger partial charge on any atom is -0.481 e. The van der Waals surface area contributed by atoms with Gasteiger partial charge in [0.15, 0.2) is 0 Å². The first-order valence-electron chi connectivity index (χ1n) is 7.37. The summed E-state index contributed by atoms with van der Waals surface area (Å²) in [6, 6.07) is 11.1. The van der Waals surface area contributed by atoms with Gasteiger partial charge in [0, 0.05) is 11.4 Å². The van der Waals surface area contributed by atoms with E-state index in [0.29, 0.717) is 10.6 Å². The van der Waals surface area contributed by atoms with E-state index in [2.05, 4.69) is 16.6 Å². The average Bonchev–Trinajstić information content (AvgIpc) is 2.54. The summed E-state index contributed by atoms with van der Waals surface area (Å²) in [5, 5.41) is 9.03. The lowest BCUT2D eigenvalue weighted by Crippen LogP contribution is -2.13. The van der Waals surface area contributed by atoms with Crippen LogP contribution in [-0.2, 0) is 14.8 Å². The van der Waals surface area contributed by atoms with Crippen molar-refractivity contribution in [3.63, 3.8) is 0 Å². The van der Waals surface area contributed by atoms with Crippen LogP contribution < -0.4 is 4.72 Å². The predicted octanol–water partition coefficient (Wildman–Crippen LogP) is 3.67. The van der Waals surface area contributed by atoms with Crippen molar-refractivity contribution in [2.45, 2.75) is 24.7 Å². The van der Waals surface area contributed by atoms with Crippen LogP contribution in [0.5, 0.6) is 0 Å². The van der Waals surface area contributed by atoms with Gasteiger partial charge in [-0.15, -0.1) is 0 Å². The number of aryl methyl sites for hydroxylation is 1. The molecule has 0 heterocycles. The molecule has 0 bridgehead atoms. The van der Waals surface area contributed by atoms with Gasteiger partial charge < -0.3 is 5.11 Å². The van der Waals surface area contributed by atoms with E-state index < -0.39 is 16.0 Å².